The van der Waals surface area contributed by atoms with E-state index >= 15 is 19.2 Å². The first-order chi connectivity index (χ1) is 61.8. The van der Waals surface area contributed by atoms with Gasteiger partial charge in [0.15, 0.2) is 11.6 Å². The van der Waals surface area contributed by atoms with Crippen LogP contribution in [0.25, 0.3) is 86.2 Å². The van der Waals surface area contributed by atoms with Crippen LogP contribution in [0.4, 0.5) is 17.1 Å². The van der Waals surface area contributed by atoms with Crippen molar-refractivity contribution in [2.75, 3.05) is 14.7 Å². The summed E-state index contributed by atoms with van der Waals surface area (Å²) in [5, 5.41) is 11.5. The summed E-state index contributed by atoms with van der Waals surface area (Å²) in [6.07, 6.45) is 0. The number of imide groups is 3. The number of hydrogen-bond acceptors (Lipinski definition) is 10. The number of nitrogens with zero attached hydrogens (tertiary/aromatic N) is 3. The lowest BCUT2D eigenvalue weighted by Crippen LogP contribution is -2.42. The predicted octanol–water partition coefficient (Wildman–Crippen LogP) is 30.2. The van der Waals surface area contributed by atoms with Gasteiger partial charge in [-0.3, -0.25) is 38.4 Å². The van der Waals surface area contributed by atoms with Crippen molar-refractivity contribution in [3.05, 3.63) is 312 Å². The van der Waals surface area contributed by atoms with Gasteiger partial charge in [-0.15, -0.1) is 0 Å². The summed E-state index contributed by atoms with van der Waals surface area (Å²) >= 11 is 0. The van der Waals surface area contributed by atoms with Crippen molar-refractivity contribution in [1.29, 1.82) is 0 Å². The monoisotopic (exact) mass is 1720 g/mol. The highest BCUT2D eigenvalue weighted by atomic mass is 16.5. The molecule has 1 aliphatic carbocycles. The van der Waals surface area contributed by atoms with Crippen LogP contribution < -0.4 is 24.2 Å². The van der Waals surface area contributed by atoms with Crippen LogP contribution in [0.2, 0.25) is 0 Å². The van der Waals surface area contributed by atoms with Gasteiger partial charge in [0, 0.05) is 76.5 Å². The first-order valence-corrected chi connectivity index (χ1v) is 46.1. The fraction of sp³-hybridized carbons (Fsp3) is 0.282. The topological polar surface area (TPSA) is 165 Å². The van der Waals surface area contributed by atoms with E-state index in [-0.39, 0.29) is 81.6 Å². The Balaban J connectivity index is 0.000000178. The van der Waals surface area contributed by atoms with Crippen LogP contribution >= 0.6 is 0 Å². The first kappa shape index (κ1) is 85.9. The summed E-state index contributed by atoms with van der Waals surface area (Å²) in [5.41, 5.74) is 15.9. The molecule has 0 atom stereocenters. The fourth-order valence-corrected chi connectivity index (χ4v) is 21.4. The quantitative estimate of drug-likeness (QED) is 0.0393. The molecule has 6 amide bonds. The van der Waals surface area contributed by atoms with Crippen LogP contribution in [0.15, 0.2) is 206 Å². The Bertz CT molecular complexity index is 6950. The van der Waals surface area contributed by atoms with Gasteiger partial charge < -0.3 is 9.47 Å². The van der Waals surface area contributed by atoms with E-state index < -0.39 is 29.5 Å². The van der Waals surface area contributed by atoms with Crippen molar-refractivity contribution < 1.29 is 47.8 Å². The van der Waals surface area contributed by atoms with Gasteiger partial charge in [0.1, 0.15) is 28.9 Å². The first-order valence-electron chi connectivity index (χ1n) is 46.1. The van der Waals surface area contributed by atoms with Gasteiger partial charge in [0.2, 0.25) is 0 Å². The molecule has 0 radical (unpaired) electrons. The summed E-state index contributed by atoms with van der Waals surface area (Å²) in [6.45, 7) is 46.4. The van der Waals surface area contributed by atoms with E-state index in [1.807, 2.05) is 158 Å². The van der Waals surface area contributed by atoms with Crippen molar-refractivity contribution in [3.63, 3.8) is 0 Å². The molecule has 20 rings (SSSR count). The van der Waals surface area contributed by atoms with Crippen LogP contribution in [0.1, 0.15) is 350 Å². The third kappa shape index (κ3) is 13.0. The van der Waals surface area contributed by atoms with Crippen LogP contribution in [-0.2, 0) is 10.8 Å². The van der Waals surface area contributed by atoms with Crippen molar-refractivity contribution in [1.82, 2.24) is 0 Å². The Morgan fingerprint density at radius 2 is 0.469 bits per heavy atom. The van der Waals surface area contributed by atoms with E-state index in [9.17, 15) is 19.2 Å². The standard InChI is InChI=1S/C68H66N2O6.C49H43NO4/c1-35(2)43-17-15-18-44(36(3)4)61(43)69-63(71)49-31-29-47-58-54(76-42-27-23-40(24-28-42)68(12,13)14)34-52-56-50(64(72)70(66(52)74)62-45(37(5)6)19-16-20-46(62)38(7)8)32-30-48(60(56)58)57-53(33-51(65(69)73)55(49)59(47)57)75-41-25-21-39(22-26-41)67(9,10)11;1-23(2)27-11-9-12-28(24(3)4)39(27)44-46(51)35-19-15-31-33-17-21-37-43-38(22-18-34(41(33)43)32-16-20-36(47(44)52)42(35)40(31)32)49(54)50(48(37)53)45-29(25(5)6)13-10-14-30(45)26(7)8/h15-38H,1-14H3;9-26,44H,1-8H3. The molecule has 0 bridgehead atoms. The zero-order valence-electron chi connectivity index (χ0n) is 78.3. The van der Waals surface area contributed by atoms with E-state index in [0.717, 1.165) is 93.5 Å². The van der Waals surface area contributed by atoms with E-state index in [1.165, 1.54) is 14.7 Å². The molecule has 16 aromatic rings. The van der Waals surface area contributed by atoms with Crippen LogP contribution in [0.3, 0.4) is 0 Å². The molecule has 0 fully saturated rings. The Labute approximate surface area is 759 Å². The molecular formula is C117H109N3O10. The largest absolute Gasteiger partial charge is 0.457 e. The number of amides is 6. The predicted molar refractivity (Wildman–Crippen MR) is 529 cm³/mol. The summed E-state index contributed by atoms with van der Waals surface area (Å²) in [4.78, 5) is 125. The van der Waals surface area contributed by atoms with Crippen LogP contribution in [-0.4, -0.2) is 47.0 Å². The minimum absolute atomic E-state index is 0.00998. The van der Waals surface area contributed by atoms with Gasteiger partial charge in [-0.05, 0) is 223 Å². The molecule has 0 aromatic heterocycles. The lowest BCUT2D eigenvalue weighted by Gasteiger charge is -2.34. The lowest BCUT2D eigenvalue weighted by atomic mass is 9.71. The van der Waals surface area contributed by atoms with E-state index in [0.29, 0.717) is 138 Å². The number of anilines is 3. The van der Waals surface area contributed by atoms with Crippen molar-refractivity contribution in [2.45, 2.75) is 216 Å². The van der Waals surface area contributed by atoms with E-state index in [2.05, 4.69) is 189 Å². The Morgan fingerprint density at radius 3 is 0.731 bits per heavy atom. The number of ether oxygens (including phenoxy) is 2. The lowest BCUT2D eigenvalue weighted by molar-refractivity contribution is 0.0845. The SMILES string of the molecule is CC(C)c1cccc(C(C)C)c1C1C(=O)c2ccc3c4ccc5c6c(ccc(c7ccc(c2c37)C1=O)c64)C(=O)N(c1c(C(C)C)cccc1C(C)C)C5=O.CC(C)c1cccc(C(C)C)c1N1C(=O)c2ccc3c4c(Oc5ccc(C(C)(C)C)cc5)cc5c6c(ccc(c7c(Oc8ccc(C(C)(C)C)cc8)cc(c2c37)C1=O)c64)C(=O)N(c1c(C(C)C)cccc1C(C)C)C5=O. The van der Waals surface area contributed by atoms with Gasteiger partial charge in [-0.2, -0.15) is 0 Å². The van der Waals surface area contributed by atoms with Gasteiger partial charge in [0.05, 0.1) is 28.2 Å². The maximum Gasteiger partial charge on any atom is 0.266 e. The number of para-hydroxylation sites is 3. The van der Waals surface area contributed by atoms with Gasteiger partial charge in [-0.1, -0.05) is 298 Å². The van der Waals surface area contributed by atoms with Crippen molar-refractivity contribution >= 4 is 150 Å². The molecule has 13 nitrogen and oxygen atoms in total. The Morgan fingerprint density at radius 1 is 0.238 bits per heavy atom. The molecular weight excluding hydrogens is 1610 g/mol. The number of hydrogen-bond donors (Lipinski definition) is 0. The molecule has 16 aromatic carbocycles. The Kier molecular flexibility index (Phi) is 20.6. The number of Topliss-reactive ketones (excluding diaryl/α,β-unsaturated/α-hetero) is 2. The van der Waals surface area contributed by atoms with Crippen molar-refractivity contribution in [3.8, 4) is 23.0 Å². The number of rotatable bonds is 16. The molecule has 13 heteroatoms. The summed E-state index contributed by atoms with van der Waals surface area (Å²) in [5.74, 6) is -1.21. The van der Waals surface area contributed by atoms with Gasteiger partial charge in [0.25, 0.3) is 35.4 Å². The highest BCUT2D eigenvalue weighted by molar-refractivity contribution is 6.48. The number of fused-ring (bicyclic) bond motifs is 4. The zero-order chi connectivity index (χ0) is 92.3. The molecule has 0 unspecified atom stereocenters. The smallest absolute Gasteiger partial charge is 0.266 e. The second-order valence-corrected chi connectivity index (χ2v) is 40.8. The summed E-state index contributed by atoms with van der Waals surface area (Å²) in [7, 11) is 0. The minimum Gasteiger partial charge on any atom is -0.457 e. The summed E-state index contributed by atoms with van der Waals surface area (Å²) < 4.78 is 14.2. The van der Waals surface area contributed by atoms with E-state index in [1.54, 1.807) is 12.1 Å². The number of ketones is 2. The molecule has 3 heterocycles. The summed E-state index contributed by atoms with van der Waals surface area (Å²) in [6, 6.07) is 66.7. The average molecular weight is 1720 g/mol. The molecule has 3 aliphatic heterocycles. The minimum atomic E-state index is -0.910. The molecule has 130 heavy (non-hydrogen) atoms. The number of carbonyl (C=O) groups excluding carboxylic acids is 8. The van der Waals surface area contributed by atoms with Gasteiger partial charge in [-0.25, -0.2) is 14.7 Å². The second kappa shape index (κ2) is 31.1. The Hall–Kier alpha value is -13.5. The average Bonchev–Trinajstić information content (AvgIpc) is 0.676. The van der Waals surface area contributed by atoms with Crippen molar-refractivity contribution in [2.24, 2.45) is 0 Å². The molecule has 0 saturated heterocycles. The highest BCUT2D eigenvalue weighted by Crippen LogP contribution is 2.57. The molecule has 0 saturated carbocycles. The van der Waals surface area contributed by atoms with Crippen LogP contribution in [0, 0.1) is 0 Å². The molecule has 0 N–H and O–H groups in total. The molecule has 652 valence electrons. The fourth-order valence-electron chi connectivity index (χ4n) is 21.4. The van der Waals surface area contributed by atoms with Gasteiger partial charge >= 0.3 is 0 Å². The normalized spacial score (nSPS) is 14.5. The highest BCUT2D eigenvalue weighted by Gasteiger charge is 2.46. The molecule has 4 aliphatic rings. The third-order valence-corrected chi connectivity index (χ3v) is 27.9. The maximum absolute atomic E-state index is 15.7. The zero-order valence-corrected chi connectivity index (χ0v) is 78.3. The number of benzene rings is 16. The maximum atomic E-state index is 15.7. The van der Waals surface area contributed by atoms with E-state index in [4.69, 9.17) is 9.47 Å². The van der Waals surface area contributed by atoms with Crippen LogP contribution in [0.5, 0.6) is 23.0 Å². The molecule has 0 spiro atoms. The number of carbonyl (C=O) groups is 8. The third-order valence-electron chi connectivity index (χ3n) is 27.9. The second-order valence-electron chi connectivity index (χ2n) is 40.8.